The first-order chi connectivity index (χ1) is 16.2. The van der Waals surface area contributed by atoms with Crippen molar-refractivity contribution in [1.29, 1.82) is 0 Å². The molecule has 12 atom stereocenters. The van der Waals surface area contributed by atoms with Gasteiger partial charge in [-0.05, 0) is 62.7 Å². The van der Waals surface area contributed by atoms with Crippen molar-refractivity contribution in [3.05, 3.63) is 12.2 Å². The van der Waals surface area contributed by atoms with Gasteiger partial charge >= 0.3 is 0 Å². The zero-order chi connectivity index (χ0) is 25.7. The van der Waals surface area contributed by atoms with Crippen molar-refractivity contribution in [2.75, 3.05) is 6.61 Å². The van der Waals surface area contributed by atoms with Crippen LogP contribution in [0.1, 0.15) is 59.3 Å². The maximum absolute atomic E-state index is 13.6. The second-order valence-electron chi connectivity index (χ2n) is 12.7. The maximum Gasteiger partial charge on any atom is 0.187 e. The molecule has 0 aromatic carbocycles. The SMILES string of the molecule is C=C1C2CCC3CC2(CC3(C)OC2OC(CO)C(O)C(O)C2O)CC2(O)C(=O)C(C)(C)C(O)CC12. The monoisotopic (exact) mass is 496 g/mol. The Hall–Kier alpha value is -0.910. The van der Waals surface area contributed by atoms with Crippen LogP contribution in [0.3, 0.4) is 0 Å². The fourth-order valence-corrected chi connectivity index (χ4v) is 8.40. The highest BCUT2D eigenvalue weighted by Crippen LogP contribution is 2.69. The smallest absolute Gasteiger partial charge is 0.187 e. The molecule has 5 rings (SSSR count). The Bertz CT molecular complexity index is 903. The van der Waals surface area contributed by atoms with Gasteiger partial charge in [0.25, 0.3) is 0 Å². The summed E-state index contributed by atoms with van der Waals surface area (Å²) in [6, 6.07) is 0. The van der Waals surface area contributed by atoms with Gasteiger partial charge in [0.2, 0.25) is 0 Å². The Morgan fingerprint density at radius 2 is 1.71 bits per heavy atom. The van der Waals surface area contributed by atoms with Crippen molar-refractivity contribution in [3.63, 3.8) is 0 Å². The van der Waals surface area contributed by atoms with E-state index in [2.05, 4.69) is 6.58 Å². The van der Waals surface area contributed by atoms with Crippen LogP contribution in [0.5, 0.6) is 0 Å². The van der Waals surface area contributed by atoms with E-state index in [0.29, 0.717) is 12.8 Å². The number of fused-ring (bicyclic) bond motifs is 2. The van der Waals surface area contributed by atoms with Crippen molar-refractivity contribution in [3.8, 4) is 0 Å². The fourth-order valence-electron chi connectivity index (χ4n) is 8.40. The molecule has 0 radical (unpaired) electrons. The van der Waals surface area contributed by atoms with E-state index in [1.807, 2.05) is 6.92 Å². The number of hydrogen-bond acceptors (Lipinski definition) is 9. The molecule has 4 saturated carbocycles. The van der Waals surface area contributed by atoms with E-state index in [0.717, 1.165) is 24.8 Å². The number of rotatable bonds is 3. The largest absolute Gasteiger partial charge is 0.394 e. The van der Waals surface area contributed by atoms with Gasteiger partial charge < -0.3 is 40.1 Å². The molecular formula is C26H40O9. The van der Waals surface area contributed by atoms with E-state index in [1.165, 1.54) is 0 Å². The molecule has 35 heavy (non-hydrogen) atoms. The molecule has 9 nitrogen and oxygen atoms in total. The molecule has 0 amide bonds. The lowest BCUT2D eigenvalue weighted by Gasteiger charge is -2.59. The Kier molecular flexibility index (Phi) is 5.91. The topological polar surface area (TPSA) is 157 Å². The number of carbonyl (C=O) groups excluding carboxylic acids is 1. The molecule has 9 heteroatoms. The molecule has 1 saturated heterocycles. The fraction of sp³-hybridized carbons (Fsp3) is 0.885. The minimum Gasteiger partial charge on any atom is -0.394 e. The molecule has 1 heterocycles. The third-order valence-corrected chi connectivity index (χ3v) is 10.4. The van der Waals surface area contributed by atoms with Crippen molar-refractivity contribution < 1.29 is 44.9 Å². The van der Waals surface area contributed by atoms with Gasteiger partial charge in [-0.15, -0.1) is 0 Å². The summed E-state index contributed by atoms with van der Waals surface area (Å²) in [6.45, 7) is 9.13. The standard InChI is InChI=1S/C26H40O9/c1-12-14-6-5-13-8-25(14,11-26(33)15(12)7-17(28)23(2,3)22(26)32)10-24(13,4)35-21-20(31)19(30)18(29)16(9-27)34-21/h13-21,27-31,33H,1,5-11H2,2-4H3. The molecule has 1 spiro atoms. The van der Waals surface area contributed by atoms with Gasteiger partial charge in [0.05, 0.1) is 23.7 Å². The van der Waals surface area contributed by atoms with Crippen LogP contribution in [0.15, 0.2) is 12.2 Å². The number of Topliss-reactive ketones (excluding diaryl/α,β-unsaturated/α-hetero) is 1. The molecule has 5 fully saturated rings. The van der Waals surface area contributed by atoms with Gasteiger partial charge in [-0.3, -0.25) is 4.79 Å². The first-order valence-electron chi connectivity index (χ1n) is 12.8. The molecule has 0 aromatic rings. The van der Waals surface area contributed by atoms with Crippen LogP contribution in [0, 0.1) is 28.6 Å². The van der Waals surface area contributed by atoms with Gasteiger partial charge in [-0.25, -0.2) is 0 Å². The Labute approximate surface area is 205 Å². The molecule has 2 bridgehead atoms. The zero-order valence-corrected chi connectivity index (χ0v) is 20.8. The Balaban J connectivity index is 1.44. The van der Waals surface area contributed by atoms with Crippen molar-refractivity contribution >= 4 is 5.78 Å². The van der Waals surface area contributed by atoms with Gasteiger partial charge in [0.1, 0.15) is 30.0 Å². The summed E-state index contributed by atoms with van der Waals surface area (Å²) in [6.07, 6.45) is -4.15. The number of ether oxygens (including phenoxy) is 2. The Morgan fingerprint density at radius 3 is 2.37 bits per heavy atom. The summed E-state index contributed by atoms with van der Waals surface area (Å²) in [5.74, 6) is -0.682. The van der Waals surface area contributed by atoms with E-state index in [9.17, 15) is 35.4 Å². The summed E-state index contributed by atoms with van der Waals surface area (Å²) in [5.41, 5.74) is -3.04. The predicted octanol–water partition coefficient (Wildman–Crippen LogP) is 0.0351. The molecule has 0 aromatic heterocycles. The first-order valence-corrected chi connectivity index (χ1v) is 12.8. The quantitative estimate of drug-likeness (QED) is 0.297. The van der Waals surface area contributed by atoms with Gasteiger partial charge in [0, 0.05) is 5.92 Å². The van der Waals surface area contributed by atoms with Gasteiger partial charge in [-0.2, -0.15) is 0 Å². The van der Waals surface area contributed by atoms with Crippen LogP contribution in [-0.4, -0.2) is 91.0 Å². The number of aliphatic hydroxyl groups excluding tert-OH is 5. The first kappa shape index (κ1) is 25.7. The summed E-state index contributed by atoms with van der Waals surface area (Å²) in [5, 5.41) is 63.0. The highest BCUT2D eigenvalue weighted by molar-refractivity contribution is 5.94. The molecule has 6 N–H and O–H groups in total. The normalized spacial score (nSPS) is 55.4. The average Bonchev–Trinajstić information content (AvgIpc) is 3.00. The molecule has 1 aliphatic heterocycles. The number of ketones is 1. The molecular weight excluding hydrogens is 456 g/mol. The van der Waals surface area contributed by atoms with Crippen LogP contribution in [-0.2, 0) is 14.3 Å². The summed E-state index contributed by atoms with van der Waals surface area (Å²) in [7, 11) is 0. The summed E-state index contributed by atoms with van der Waals surface area (Å²) in [4.78, 5) is 13.6. The van der Waals surface area contributed by atoms with Crippen molar-refractivity contribution in [1.82, 2.24) is 0 Å². The van der Waals surface area contributed by atoms with E-state index in [1.54, 1.807) is 13.8 Å². The van der Waals surface area contributed by atoms with E-state index < -0.39 is 71.4 Å². The minimum atomic E-state index is -1.60. The predicted molar refractivity (Wildman–Crippen MR) is 123 cm³/mol. The van der Waals surface area contributed by atoms with Crippen LogP contribution < -0.4 is 0 Å². The number of aliphatic hydroxyl groups is 6. The molecule has 4 aliphatic carbocycles. The lowest BCUT2D eigenvalue weighted by Crippen LogP contribution is -2.66. The maximum atomic E-state index is 13.6. The van der Waals surface area contributed by atoms with Gasteiger partial charge in [0.15, 0.2) is 12.1 Å². The van der Waals surface area contributed by atoms with Crippen LogP contribution in [0.2, 0.25) is 0 Å². The van der Waals surface area contributed by atoms with Gasteiger partial charge in [-0.1, -0.05) is 26.0 Å². The van der Waals surface area contributed by atoms with Crippen LogP contribution >= 0.6 is 0 Å². The molecule has 12 unspecified atom stereocenters. The summed E-state index contributed by atoms with van der Waals surface area (Å²) < 4.78 is 12.0. The highest BCUT2D eigenvalue weighted by atomic mass is 16.7. The molecule has 198 valence electrons. The third-order valence-electron chi connectivity index (χ3n) is 10.4. The second kappa shape index (κ2) is 8.04. The minimum absolute atomic E-state index is 0.0661. The van der Waals surface area contributed by atoms with E-state index in [4.69, 9.17) is 9.47 Å². The lowest BCUT2D eigenvalue weighted by molar-refractivity contribution is -0.329. The summed E-state index contributed by atoms with van der Waals surface area (Å²) >= 11 is 0. The number of carbonyl (C=O) groups is 1. The van der Waals surface area contributed by atoms with Crippen molar-refractivity contribution in [2.24, 2.45) is 28.6 Å². The van der Waals surface area contributed by atoms with E-state index in [-0.39, 0.29) is 24.0 Å². The number of hydrogen-bond donors (Lipinski definition) is 6. The Morgan fingerprint density at radius 1 is 1.03 bits per heavy atom. The average molecular weight is 497 g/mol. The second-order valence-corrected chi connectivity index (χ2v) is 12.7. The lowest BCUT2D eigenvalue weighted by atomic mass is 9.46. The third kappa shape index (κ3) is 3.46. The van der Waals surface area contributed by atoms with E-state index >= 15 is 0 Å². The highest BCUT2D eigenvalue weighted by Gasteiger charge is 2.70. The van der Waals surface area contributed by atoms with Crippen LogP contribution in [0.25, 0.3) is 0 Å². The molecule has 5 aliphatic rings. The van der Waals surface area contributed by atoms with Crippen molar-refractivity contribution in [2.45, 2.75) is 107 Å². The van der Waals surface area contributed by atoms with Crippen LogP contribution in [0.4, 0.5) is 0 Å². The zero-order valence-electron chi connectivity index (χ0n) is 20.8.